The van der Waals surface area contributed by atoms with Crippen LogP contribution in [0.25, 0.3) is 0 Å². The van der Waals surface area contributed by atoms with Crippen LogP contribution in [0.3, 0.4) is 0 Å². The molecule has 1 aromatic heterocycles. The molecule has 2 amide bonds. The number of ether oxygens (including phenoxy) is 2. The fraction of sp³-hybridized carbons (Fsp3) is 0.389. The topological polar surface area (TPSA) is 103 Å². The molecule has 0 unspecified atom stereocenters. The highest BCUT2D eigenvalue weighted by Gasteiger charge is 2.20. The van der Waals surface area contributed by atoms with Gasteiger partial charge in [-0.1, -0.05) is 12.1 Å². The third kappa shape index (κ3) is 4.33. The average Bonchev–Trinajstić information content (AvgIpc) is 3.00. The van der Waals surface area contributed by atoms with E-state index >= 15 is 0 Å². The fourth-order valence-electron chi connectivity index (χ4n) is 2.36. The number of aryl methyl sites for hydroxylation is 2. The Morgan fingerprint density at radius 1 is 1.19 bits per heavy atom. The van der Waals surface area contributed by atoms with Crippen LogP contribution in [-0.2, 0) is 6.42 Å². The van der Waals surface area contributed by atoms with Gasteiger partial charge in [0.15, 0.2) is 11.5 Å². The molecule has 0 aliphatic rings. The summed E-state index contributed by atoms with van der Waals surface area (Å²) >= 11 is 0. The summed E-state index contributed by atoms with van der Waals surface area (Å²) in [5.74, 6) is 0.391. The van der Waals surface area contributed by atoms with Crippen molar-refractivity contribution in [2.75, 3.05) is 7.11 Å². The van der Waals surface area contributed by atoms with E-state index in [9.17, 15) is 9.59 Å². The first-order valence-electron chi connectivity index (χ1n) is 8.27. The number of hydrogen-bond donors (Lipinski definition) is 2. The molecule has 0 saturated carbocycles. The zero-order valence-corrected chi connectivity index (χ0v) is 15.5. The number of carbonyl (C=O) groups is 2. The molecule has 2 aromatic rings. The molecule has 0 aliphatic carbocycles. The molecule has 0 spiro atoms. The van der Waals surface area contributed by atoms with E-state index in [2.05, 4.69) is 16.0 Å². The van der Waals surface area contributed by atoms with E-state index in [4.69, 9.17) is 14.0 Å². The maximum atomic E-state index is 12.3. The van der Waals surface area contributed by atoms with Crippen molar-refractivity contribution in [2.45, 2.75) is 40.2 Å². The van der Waals surface area contributed by atoms with Crippen molar-refractivity contribution in [1.29, 1.82) is 0 Å². The predicted octanol–water partition coefficient (Wildman–Crippen LogP) is 2.42. The zero-order valence-electron chi connectivity index (χ0n) is 15.5. The number of rotatable bonds is 6. The molecular weight excluding hydrogens is 338 g/mol. The lowest BCUT2D eigenvalue weighted by molar-refractivity contribution is 0.0845. The van der Waals surface area contributed by atoms with Gasteiger partial charge in [-0.2, -0.15) is 0 Å². The van der Waals surface area contributed by atoms with Crippen LogP contribution < -0.4 is 20.3 Å². The van der Waals surface area contributed by atoms with E-state index in [1.807, 2.05) is 20.8 Å². The number of carbonyl (C=O) groups excluding carboxylic acids is 2. The first-order valence-corrected chi connectivity index (χ1v) is 8.27. The second kappa shape index (κ2) is 8.37. The largest absolute Gasteiger partial charge is 0.493 e. The molecule has 0 fully saturated rings. The van der Waals surface area contributed by atoms with Gasteiger partial charge >= 0.3 is 0 Å². The minimum absolute atomic E-state index is 0.0255. The van der Waals surface area contributed by atoms with Gasteiger partial charge in [0, 0.05) is 5.56 Å². The van der Waals surface area contributed by atoms with Crippen molar-refractivity contribution < 1.29 is 23.6 Å². The summed E-state index contributed by atoms with van der Waals surface area (Å²) in [7, 11) is 1.49. The summed E-state index contributed by atoms with van der Waals surface area (Å²) in [5.41, 5.74) is 5.92. The van der Waals surface area contributed by atoms with Crippen LogP contribution in [0.4, 0.5) is 0 Å². The number of amides is 2. The van der Waals surface area contributed by atoms with Gasteiger partial charge in [-0.05, 0) is 45.4 Å². The summed E-state index contributed by atoms with van der Waals surface area (Å²) in [6.07, 6.45) is 0.519. The Balaban J connectivity index is 2.08. The normalized spacial score (nSPS) is 10.5. The van der Waals surface area contributed by atoms with Gasteiger partial charge in [0.05, 0.1) is 18.9 Å². The third-order valence-corrected chi connectivity index (χ3v) is 3.57. The lowest BCUT2D eigenvalue weighted by atomic mass is 10.1. The minimum Gasteiger partial charge on any atom is -0.493 e. The molecule has 0 aliphatic heterocycles. The lowest BCUT2D eigenvalue weighted by Gasteiger charge is -2.14. The van der Waals surface area contributed by atoms with E-state index in [1.165, 1.54) is 7.11 Å². The number of nitrogens with zero attached hydrogens (tertiary/aromatic N) is 1. The minimum atomic E-state index is -0.486. The summed E-state index contributed by atoms with van der Waals surface area (Å²) in [5, 5.41) is 3.82. The van der Waals surface area contributed by atoms with Crippen LogP contribution in [0.15, 0.2) is 22.7 Å². The average molecular weight is 361 g/mol. The van der Waals surface area contributed by atoms with Crippen LogP contribution in [-0.4, -0.2) is 30.2 Å². The number of hydrazine groups is 1. The molecule has 26 heavy (non-hydrogen) atoms. The number of benzene rings is 1. The molecule has 1 aromatic carbocycles. The standard InChI is InChI=1S/C18H23N3O5/c1-6-13-16(11(4)26-21-13)18(23)20-19-17(22)12-7-8-14(25-10(2)3)15(9-12)24-5/h7-10H,6H2,1-5H3,(H,19,22)(H,20,23). The third-order valence-electron chi connectivity index (χ3n) is 3.57. The van der Waals surface area contributed by atoms with Crippen molar-refractivity contribution in [2.24, 2.45) is 0 Å². The van der Waals surface area contributed by atoms with Gasteiger partial charge in [-0.15, -0.1) is 0 Å². The number of nitrogens with one attached hydrogen (secondary N) is 2. The molecule has 0 saturated heterocycles. The van der Waals surface area contributed by atoms with Crippen molar-refractivity contribution in [3.8, 4) is 11.5 Å². The highest BCUT2D eigenvalue weighted by atomic mass is 16.5. The first kappa shape index (κ1) is 19.3. The van der Waals surface area contributed by atoms with E-state index in [1.54, 1.807) is 25.1 Å². The quantitative estimate of drug-likeness (QED) is 0.766. The van der Waals surface area contributed by atoms with E-state index < -0.39 is 11.8 Å². The summed E-state index contributed by atoms with van der Waals surface area (Å²) in [6, 6.07) is 4.78. The highest BCUT2D eigenvalue weighted by molar-refractivity contribution is 6.00. The van der Waals surface area contributed by atoms with Crippen LogP contribution >= 0.6 is 0 Å². The Kier molecular flexibility index (Phi) is 6.21. The molecule has 0 bridgehead atoms. The molecule has 0 atom stereocenters. The maximum Gasteiger partial charge on any atom is 0.275 e. The summed E-state index contributed by atoms with van der Waals surface area (Å²) < 4.78 is 15.9. The molecule has 1 heterocycles. The maximum absolute atomic E-state index is 12.3. The summed E-state index contributed by atoms with van der Waals surface area (Å²) in [4.78, 5) is 24.6. The molecule has 2 rings (SSSR count). The fourth-order valence-corrected chi connectivity index (χ4v) is 2.36. The highest BCUT2D eigenvalue weighted by Crippen LogP contribution is 2.28. The Morgan fingerprint density at radius 3 is 2.50 bits per heavy atom. The molecule has 8 nitrogen and oxygen atoms in total. The Hall–Kier alpha value is -3.03. The van der Waals surface area contributed by atoms with Crippen LogP contribution in [0, 0.1) is 6.92 Å². The van der Waals surface area contributed by atoms with Gasteiger partial charge in [-0.3, -0.25) is 20.4 Å². The van der Waals surface area contributed by atoms with Crippen molar-refractivity contribution >= 4 is 11.8 Å². The number of hydrogen-bond acceptors (Lipinski definition) is 6. The number of methoxy groups -OCH3 is 1. The Morgan fingerprint density at radius 2 is 1.88 bits per heavy atom. The monoisotopic (exact) mass is 361 g/mol. The van der Waals surface area contributed by atoms with Crippen molar-refractivity contribution in [3.63, 3.8) is 0 Å². The van der Waals surface area contributed by atoms with Gasteiger partial charge in [-0.25, -0.2) is 0 Å². The van der Waals surface area contributed by atoms with Crippen molar-refractivity contribution in [3.05, 3.63) is 40.8 Å². The van der Waals surface area contributed by atoms with Gasteiger partial charge < -0.3 is 14.0 Å². The van der Waals surface area contributed by atoms with E-state index in [0.717, 1.165) is 0 Å². The summed E-state index contributed by atoms with van der Waals surface area (Å²) in [6.45, 7) is 7.29. The van der Waals surface area contributed by atoms with Crippen LogP contribution in [0.2, 0.25) is 0 Å². The molecule has 2 N–H and O–H groups in total. The predicted molar refractivity (Wildman–Crippen MR) is 94.3 cm³/mol. The lowest BCUT2D eigenvalue weighted by Crippen LogP contribution is -2.42. The van der Waals surface area contributed by atoms with E-state index in [-0.39, 0.29) is 6.10 Å². The zero-order chi connectivity index (χ0) is 19.3. The van der Waals surface area contributed by atoms with E-state index in [0.29, 0.717) is 40.5 Å². The number of aromatic nitrogens is 1. The van der Waals surface area contributed by atoms with Crippen molar-refractivity contribution in [1.82, 2.24) is 16.0 Å². The van der Waals surface area contributed by atoms with Gasteiger partial charge in [0.2, 0.25) is 0 Å². The molecule has 0 radical (unpaired) electrons. The van der Waals surface area contributed by atoms with Crippen LogP contribution in [0.5, 0.6) is 11.5 Å². The molecule has 8 heteroatoms. The molecule has 140 valence electrons. The SMILES string of the molecule is CCc1noc(C)c1C(=O)NNC(=O)c1ccc(OC(C)C)c(OC)c1. The van der Waals surface area contributed by atoms with Crippen LogP contribution in [0.1, 0.15) is 52.9 Å². The first-order chi connectivity index (χ1) is 12.4. The smallest absolute Gasteiger partial charge is 0.275 e. The second-order valence-corrected chi connectivity index (χ2v) is 5.85. The Labute approximate surface area is 151 Å². The Bertz CT molecular complexity index is 798. The van der Waals surface area contributed by atoms with Gasteiger partial charge in [0.25, 0.3) is 11.8 Å². The second-order valence-electron chi connectivity index (χ2n) is 5.85. The van der Waals surface area contributed by atoms with Gasteiger partial charge in [0.1, 0.15) is 11.3 Å². The molecular formula is C18H23N3O5.